The van der Waals surface area contributed by atoms with Crippen LogP contribution in [0.3, 0.4) is 0 Å². The summed E-state index contributed by atoms with van der Waals surface area (Å²) in [5.41, 5.74) is 6.21. The molecule has 1 rings (SSSR count). The van der Waals surface area contributed by atoms with Crippen molar-refractivity contribution >= 4 is 23.3 Å². The van der Waals surface area contributed by atoms with Gasteiger partial charge in [-0.15, -0.1) is 0 Å². The van der Waals surface area contributed by atoms with Gasteiger partial charge < -0.3 is 11.1 Å². The Morgan fingerprint density at radius 1 is 1.71 bits per heavy atom. The molecule has 1 aromatic heterocycles. The van der Waals surface area contributed by atoms with Gasteiger partial charge in [0.1, 0.15) is 5.82 Å². The maximum atomic E-state index is 11.2. The number of nitrogens with one attached hydrogen (secondary N) is 1. The summed E-state index contributed by atoms with van der Waals surface area (Å²) in [6, 6.07) is 1.18. The summed E-state index contributed by atoms with van der Waals surface area (Å²) in [7, 11) is 0. The average Bonchev–Trinajstić information content (AvgIpc) is 2.09. The maximum Gasteiger partial charge on any atom is 0.242 e. The highest BCUT2D eigenvalue weighted by Gasteiger charge is 2.09. The molecule has 0 saturated heterocycles. The van der Waals surface area contributed by atoms with Crippen molar-refractivity contribution in [2.24, 2.45) is 5.73 Å². The highest BCUT2D eigenvalue weighted by atomic mass is 35.5. The zero-order valence-corrected chi connectivity index (χ0v) is 8.80. The van der Waals surface area contributed by atoms with Crippen LogP contribution in [0, 0.1) is 6.92 Å². The molecule has 1 atom stereocenters. The molecule has 3 N–H and O–H groups in total. The lowest BCUT2D eigenvalue weighted by atomic mass is 10.2. The molecular formula is C9H12ClN3O. The van der Waals surface area contributed by atoms with Crippen molar-refractivity contribution in [3.05, 3.63) is 22.8 Å². The van der Waals surface area contributed by atoms with E-state index in [1.807, 2.05) is 6.92 Å². The van der Waals surface area contributed by atoms with Crippen LogP contribution in [-0.4, -0.2) is 16.9 Å². The van der Waals surface area contributed by atoms with Gasteiger partial charge in [-0.05, 0) is 25.5 Å². The van der Waals surface area contributed by atoms with Crippen LogP contribution in [0.5, 0.6) is 0 Å². The molecule has 0 spiro atoms. The van der Waals surface area contributed by atoms with Gasteiger partial charge >= 0.3 is 0 Å². The quantitative estimate of drug-likeness (QED) is 0.779. The zero-order chi connectivity index (χ0) is 10.7. The molecule has 0 unspecified atom stereocenters. The third-order valence-corrected chi connectivity index (χ3v) is 1.91. The van der Waals surface area contributed by atoms with E-state index in [0.29, 0.717) is 10.8 Å². The first kappa shape index (κ1) is 10.9. The van der Waals surface area contributed by atoms with E-state index in [1.54, 1.807) is 13.0 Å². The third kappa shape index (κ3) is 2.68. The van der Waals surface area contributed by atoms with E-state index in [1.165, 1.54) is 6.20 Å². The molecule has 0 saturated carbocycles. The van der Waals surface area contributed by atoms with Gasteiger partial charge in [0.25, 0.3) is 0 Å². The maximum absolute atomic E-state index is 11.2. The molecule has 14 heavy (non-hydrogen) atoms. The second-order valence-corrected chi connectivity index (χ2v) is 3.53. The molecule has 76 valence electrons. The third-order valence-electron chi connectivity index (χ3n) is 1.70. The highest BCUT2D eigenvalue weighted by Crippen LogP contribution is 2.15. The van der Waals surface area contributed by atoms with E-state index >= 15 is 0 Å². The number of amides is 1. The summed E-state index contributed by atoms with van der Waals surface area (Å²) in [5.74, 6) is 0.236. The fraction of sp³-hybridized carbons (Fsp3) is 0.333. The Balaban J connectivity index is 2.82. The van der Waals surface area contributed by atoms with Crippen molar-refractivity contribution < 1.29 is 4.79 Å². The number of carbonyl (C=O) groups excluding carboxylic acids is 1. The van der Waals surface area contributed by atoms with Gasteiger partial charge in [-0.2, -0.15) is 0 Å². The van der Waals surface area contributed by atoms with E-state index in [2.05, 4.69) is 10.3 Å². The zero-order valence-electron chi connectivity index (χ0n) is 8.04. The number of carbonyl (C=O) groups is 1. The lowest BCUT2D eigenvalue weighted by Crippen LogP contribution is -2.33. The first-order chi connectivity index (χ1) is 6.50. The van der Waals surface area contributed by atoms with Crippen molar-refractivity contribution in [3.63, 3.8) is 0 Å². The molecule has 1 heterocycles. The van der Waals surface area contributed by atoms with Gasteiger partial charge in [0.15, 0.2) is 0 Å². The summed E-state index contributed by atoms with van der Waals surface area (Å²) < 4.78 is 0. The Labute approximate surface area is 87.5 Å². The van der Waals surface area contributed by atoms with Gasteiger partial charge in [-0.25, -0.2) is 4.98 Å². The Kier molecular flexibility index (Phi) is 3.43. The molecule has 0 fully saturated rings. The molecule has 0 bridgehead atoms. The molecule has 4 nitrogen and oxygen atoms in total. The van der Waals surface area contributed by atoms with Crippen LogP contribution in [0.2, 0.25) is 5.02 Å². The number of aromatic nitrogens is 1. The Bertz CT molecular complexity index is 352. The van der Waals surface area contributed by atoms with Crippen molar-refractivity contribution in [1.29, 1.82) is 0 Å². The Morgan fingerprint density at radius 2 is 2.36 bits per heavy atom. The van der Waals surface area contributed by atoms with Crippen LogP contribution >= 0.6 is 11.6 Å². The lowest BCUT2D eigenvalue weighted by Gasteiger charge is -2.09. The molecule has 0 aromatic carbocycles. The second kappa shape index (κ2) is 4.39. The summed E-state index contributed by atoms with van der Waals surface area (Å²) in [6.07, 6.45) is 1.48. The molecular weight excluding hydrogens is 202 g/mol. The first-order valence-electron chi connectivity index (χ1n) is 4.19. The van der Waals surface area contributed by atoms with Gasteiger partial charge in [-0.3, -0.25) is 4.79 Å². The van der Waals surface area contributed by atoms with Gasteiger partial charge in [0.05, 0.1) is 11.1 Å². The summed E-state index contributed by atoms with van der Waals surface area (Å²) >= 11 is 5.72. The number of nitrogens with zero attached hydrogens (tertiary/aromatic N) is 1. The number of rotatable bonds is 2. The standard InChI is InChI=1S/C9H12ClN3O/c1-5-3-7(10)4-12-8(5)13-9(14)6(2)11/h3-4,6H,11H2,1-2H3,(H,12,13,14)/t6-/m0/s1. The van der Waals surface area contributed by atoms with Crippen molar-refractivity contribution in [1.82, 2.24) is 4.98 Å². The van der Waals surface area contributed by atoms with Crippen LogP contribution in [0.25, 0.3) is 0 Å². The van der Waals surface area contributed by atoms with Crippen molar-refractivity contribution in [2.75, 3.05) is 5.32 Å². The van der Waals surface area contributed by atoms with E-state index in [9.17, 15) is 4.79 Å². The largest absolute Gasteiger partial charge is 0.320 e. The first-order valence-corrected chi connectivity index (χ1v) is 4.57. The average molecular weight is 214 g/mol. The molecule has 1 aromatic rings. The van der Waals surface area contributed by atoms with Crippen molar-refractivity contribution in [3.8, 4) is 0 Å². The van der Waals surface area contributed by atoms with Crippen LogP contribution in [0.4, 0.5) is 5.82 Å². The second-order valence-electron chi connectivity index (χ2n) is 3.10. The van der Waals surface area contributed by atoms with Gasteiger partial charge in [0.2, 0.25) is 5.91 Å². The van der Waals surface area contributed by atoms with Crippen LogP contribution in [0.1, 0.15) is 12.5 Å². The number of aryl methyl sites for hydroxylation is 1. The van der Waals surface area contributed by atoms with Crippen LogP contribution in [0.15, 0.2) is 12.3 Å². The number of anilines is 1. The molecule has 0 radical (unpaired) electrons. The number of hydrogen-bond donors (Lipinski definition) is 2. The minimum atomic E-state index is -0.549. The minimum Gasteiger partial charge on any atom is -0.320 e. The summed E-state index contributed by atoms with van der Waals surface area (Å²) in [6.45, 7) is 3.43. The minimum absolute atomic E-state index is 0.261. The fourth-order valence-electron chi connectivity index (χ4n) is 0.902. The highest BCUT2D eigenvalue weighted by molar-refractivity contribution is 6.30. The topological polar surface area (TPSA) is 68.0 Å². The summed E-state index contributed by atoms with van der Waals surface area (Å²) in [4.78, 5) is 15.2. The smallest absolute Gasteiger partial charge is 0.242 e. The van der Waals surface area contributed by atoms with Crippen molar-refractivity contribution in [2.45, 2.75) is 19.9 Å². The van der Waals surface area contributed by atoms with E-state index in [-0.39, 0.29) is 5.91 Å². The number of hydrogen-bond acceptors (Lipinski definition) is 3. The summed E-state index contributed by atoms with van der Waals surface area (Å²) in [5, 5.41) is 3.15. The van der Waals surface area contributed by atoms with E-state index < -0.39 is 6.04 Å². The normalized spacial score (nSPS) is 12.3. The molecule has 1 amide bonds. The predicted octanol–water partition coefficient (Wildman–Crippen LogP) is 1.33. The van der Waals surface area contributed by atoms with Crippen LogP contribution < -0.4 is 11.1 Å². The van der Waals surface area contributed by atoms with Crippen LogP contribution in [-0.2, 0) is 4.79 Å². The number of halogens is 1. The SMILES string of the molecule is Cc1cc(Cl)cnc1NC(=O)[C@H](C)N. The lowest BCUT2D eigenvalue weighted by molar-refractivity contribution is -0.117. The van der Waals surface area contributed by atoms with E-state index in [4.69, 9.17) is 17.3 Å². The number of nitrogens with two attached hydrogens (primary N) is 1. The molecule has 0 aliphatic rings. The van der Waals surface area contributed by atoms with E-state index in [0.717, 1.165) is 5.56 Å². The van der Waals surface area contributed by atoms with Gasteiger partial charge in [0, 0.05) is 6.20 Å². The predicted molar refractivity (Wildman–Crippen MR) is 56.3 cm³/mol. The molecule has 5 heteroatoms. The molecule has 0 aliphatic heterocycles. The fourth-order valence-corrected chi connectivity index (χ4v) is 1.11. The monoisotopic (exact) mass is 213 g/mol. The molecule has 0 aliphatic carbocycles. The number of pyridine rings is 1. The Hall–Kier alpha value is -1.13. The Morgan fingerprint density at radius 3 is 2.86 bits per heavy atom. The van der Waals surface area contributed by atoms with Gasteiger partial charge in [-0.1, -0.05) is 11.6 Å².